The van der Waals surface area contributed by atoms with E-state index in [1.807, 2.05) is 50.1 Å². The maximum atomic E-state index is 12.3. The number of ether oxygens (including phenoxy) is 1. The molecule has 0 saturated carbocycles. The summed E-state index contributed by atoms with van der Waals surface area (Å²) in [4.78, 5) is 38.4. The van der Waals surface area contributed by atoms with Gasteiger partial charge in [0.05, 0.1) is 18.4 Å². The highest BCUT2D eigenvalue weighted by molar-refractivity contribution is 8.14. The average molecular weight is 379 g/mol. The molecule has 1 heterocycles. The SMILES string of the molecule is CCOc1ccc(CN(C)[C@H](C)C(=O)NCCN2C(=O)CSC2=O)cc1. The molecule has 0 unspecified atom stereocenters. The zero-order valence-electron chi connectivity index (χ0n) is 15.4. The van der Waals surface area contributed by atoms with Crippen LogP contribution in [0.3, 0.4) is 0 Å². The molecule has 2 rings (SSSR count). The molecule has 1 aliphatic rings. The first-order valence-corrected chi connectivity index (χ1v) is 9.57. The van der Waals surface area contributed by atoms with Crippen molar-refractivity contribution in [3.8, 4) is 5.75 Å². The van der Waals surface area contributed by atoms with Gasteiger partial charge < -0.3 is 10.1 Å². The Morgan fingerprint density at radius 3 is 2.62 bits per heavy atom. The Bertz CT molecular complexity index is 634. The predicted octanol–water partition coefficient (Wildman–Crippen LogP) is 1.72. The maximum absolute atomic E-state index is 12.3. The number of likely N-dealkylation sites (N-methyl/N-ethyl adjacent to an activating group) is 1. The van der Waals surface area contributed by atoms with Gasteiger partial charge in [0.1, 0.15) is 5.75 Å². The van der Waals surface area contributed by atoms with E-state index in [0.717, 1.165) is 23.1 Å². The van der Waals surface area contributed by atoms with Crippen LogP contribution < -0.4 is 10.1 Å². The Kier molecular flexibility index (Phi) is 7.47. The third-order valence-corrected chi connectivity index (χ3v) is 5.04. The van der Waals surface area contributed by atoms with E-state index in [1.54, 1.807) is 0 Å². The number of hydrogen-bond donors (Lipinski definition) is 1. The van der Waals surface area contributed by atoms with Gasteiger partial charge in [-0.1, -0.05) is 23.9 Å². The largest absolute Gasteiger partial charge is 0.494 e. The second kappa shape index (κ2) is 9.59. The van der Waals surface area contributed by atoms with Crippen molar-refractivity contribution in [2.45, 2.75) is 26.4 Å². The minimum Gasteiger partial charge on any atom is -0.494 e. The molecule has 0 bridgehead atoms. The number of nitrogens with zero attached hydrogens (tertiary/aromatic N) is 2. The van der Waals surface area contributed by atoms with Crippen LogP contribution in [0.2, 0.25) is 0 Å². The van der Waals surface area contributed by atoms with Crippen molar-refractivity contribution in [2.24, 2.45) is 0 Å². The maximum Gasteiger partial charge on any atom is 0.288 e. The normalized spacial score (nSPS) is 15.5. The number of nitrogens with one attached hydrogen (secondary N) is 1. The fourth-order valence-electron chi connectivity index (χ4n) is 2.52. The Labute approximate surface area is 158 Å². The van der Waals surface area contributed by atoms with Gasteiger partial charge >= 0.3 is 0 Å². The van der Waals surface area contributed by atoms with Gasteiger partial charge in [0, 0.05) is 19.6 Å². The predicted molar refractivity (Wildman–Crippen MR) is 101 cm³/mol. The standard InChI is InChI=1S/C18H25N3O4S/c1-4-25-15-7-5-14(6-8-15)11-20(3)13(2)17(23)19-9-10-21-16(22)12-26-18(21)24/h5-8,13H,4,9-12H2,1-3H3,(H,19,23)/t13-/m1/s1. The van der Waals surface area contributed by atoms with Gasteiger partial charge in [-0.2, -0.15) is 0 Å². The van der Waals surface area contributed by atoms with Gasteiger partial charge in [0.15, 0.2) is 0 Å². The molecule has 1 aromatic rings. The monoisotopic (exact) mass is 379 g/mol. The molecule has 0 radical (unpaired) electrons. The number of thioether (sulfide) groups is 1. The summed E-state index contributed by atoms with van der Waals surface area (Å²) in [6.07, 6.45) is 0. The molecule has 1 saturated heterocycles. The number of carbonyl (C=O) groups is 3. The van der Waals surface area contributed by atoms with Crippen molar-refractivity contribution in [2.75, 3.05) is 32.5 Å². The summed E-state index contributed by atoms with van der Waals surface area (Å²) in [7, 11) is 1.88. The first kappa shape index (κ1) is 20.3. The summed E-state index contributed by atoms with van der Waals surface area (Å²) in [6, 6.07) is 7.46. The van der Waals surface area contributed by atoms with Crippen LogP contribution in [0.15, 0.2) is 24.3 Å². The lowest BCUT2D eigenvalue weighted by atomic mass is 10.2. The Hall–Kier alpha value is -2.06. The zero-order valence-corrected chi connectivity index (χ0v) is 16.2. The van der Waals surface area contributed by atoms with Crippen molar-refractivity contribution >= 4 is 28.8 Å². The number of rotatable bonds is 9. The third-order valence-electron chi connectivity index (χ3n) is 4.18. The number of benzene rings is 1. The van der Waals surface area contributed by atoms with Crippen molar-refractivity contribution in [1.82, 2.24) is 15.1 Å². The van der Waals surface area contributed by atoms with Crippen LogP contribution in [-0.2, 0) is 16.1 Å². The van der Waals surface area contributed by atoms with Gasteiger partial charge in [-0.25, -0.2) is 0 Å². The highest BCUT2D eigenvalue weighted by atomic mass is 32.2. The summed E-state index contributed by atoms with van der Waals surface area (Å²) in [5.41, 5.74) is 1.08. The first-order valence-electron chi connectivity index (χ1n) is 8.59. The van der Waals surface area contributed by atoms with E-state index in [0.29, 0.717) is 13.2 Å². The molecule has 142 valence electrons. The summed E-state index contributed by atoms with van der Waals surface area (Å²) in [6.45, 7) is 5.50. The highest BCUT2D eigenvalue weighted by Crippen LogP contribution is 2.18. The first-order chi connectivity index (χ1) is 12.4. The topological polar surface area (TPSA) is 79.0 Å². The van der Waals surface area contributed by atoms with E-state index >= 15 is 0 Å². The molecular formula is C18H25N3O4S. The molecule has 0 spiro atoms. The van der Waals surface area contributed by atoms with Gasteiger partial charge in [-0.05, 0) is 38.6 Å². The molecule has 0 aliphatic carbocycles. The van der Waals surface area contributed by atoms with Crippen molar-refractivity contribution in [1.29, 1.82) is 0 Å². The lowest BCUT2D eigenvalue weighted by molar-refractivity contribution is -0.127. The summed E-state index contributed by atoms with van der Waals surface area (Å²) in [5, 5.41) is 2.54. The van der Waals surface area contributed by atoms with E-state index in [2.05, 4.69) is 5.32 Å². The van der Waals surface area contributed by atoms with Crippen molar-refractivity contribution in [3.63, 3.8) is 0 Å². The Balaban J connectivity index is 1.77. The lowest BCUT2D eigenvalue weighted by Gasteiger charge is -2.24. The molecule has 1 aliphatic heterocycles. The van der Waals surface area contributed by atoms with E-state index in [4.69, 9.17) is 4.74 Å². The average Bonchev–Trinajstić information content (AvgIpc) is 2.94. The quantitative estimate of drug-likeness (QED) is 0.704. The fourth-order valence-corrected chi connectivity index (χ4v) is 3.27. The van der Waals surface area contributed by atoms with Crippen LogP contribution >= 0.6 is 11.8 Å². The molecule has 1 fully saturated rings. The molecule has 1 atom stereocenters. The van der Waals surface area contributed by atoms with E-state index in [1.165, 1.54) is 4.90 Å². The number of carbonyl (C=O) groups excluding carboxylic acids is 3. The Morgan fingerprint density at radius 1 is 1.35 bits per heavy atom. The molecule has 1 N–H and O–H groups in total. The van der Waals surface area contributed by atoms with Crippen LogP contribution in [-0.4, -0.2) is 65.4 Å². The van der Waals surface area contributed by atoms with E-state index in [9.17, 15) is 14.4 Å². The Morgan fingerprint density at radius 2 is 2.04 bits per heavy atom. The van der Waals surface area contributed by atoms with E-state index in [-0.39, 0.29) is 41.9 Å². The number of hydrogen-bond acceptors (Lipinski definition) is 6. The minimum atomic E-state index is -0.332. The lowest BCUT2D eigenvalue weighted by Crippen LogP contribution is -2.45. The van der Waals surface area contributed by atoms with E-state index < -0.39 is 0 Å². The molecular weight excluding hydrogens is 354 g/mol. The molecule has 3 amide bonds. The molecule has 0 aromatic heterocycles. The highest BCUT2D eigenvalue weighted by Gasteiger charge is 2.29. The summed E-state index contributed by atoms with van der Waals surface area (Å²) >= 11 is 0.996. The third kappa shape index (κ3) is 5.47. The van der Waals surface area contributed by atoms with Crippen LogP contribution in [0, 0.1) is 0 Å². The van der Waals surface area contributed by atoms with Gasteiger partial charge in [-0.15, -0.1) is 0 Å². The van der Waals surface area contributed by atoms with Gasteiger partial charge in [-0.3, -0.25) is 24.2 Å². The fraction of sp³-hybridized carbons (Fsp3) is 0.500. The second-order valence-corrected chi connectivity index (χ2v) is 6.99. The minimum absolute atomic E-state index is 0.134. The molecule has 26 heavy (non-hydrogen) atoms. The number of imide groups is 1. The van der Waals surface area contributed by atoms with Crippen LogP contribution in [0.4, 0.5) is 4.79 Å². The van der Waals surface area contributed by atoms with Crippen LogP contribution in [0.1, 0.15) is 19.4 Å². The molecule has 1 aromatic carbocycles. The van der Waals surface area contributed by atoms with Gasteiger partial charge in [0.2, 0.25) is 11.8 Å². The van der Waals surface area contributed by atoms with Crippen molar-refractivity contribution < 1.29 is 19.1 Å². The summed E-state index contributed by atoms with van der Waals surface area (Å²) < 4.78 is 5.42. The van der Waals surface area contributed by atoms with Gasteiger partial charge in [0.25, 0.3) is 5.24 Å². The molecule has 8 heteroatoms. The molecule has 7 nitrogen and oxygen atoms in total. The smallest absolute Gasteiger partial charge is 0.288 e. The second-order valence-electron chi connectivity index (χ2n) is 6.06. The summed E-state index contributed by atoms with van der Waals surface area (Å²) in [5.74, 6) is 0.683. The van der Waals surface area contributed by atoms with Crippen molar-refractivity contribution in [3.05, 3.63) is 29.8 Å². The van der Waals surface area contributed by atoms with Crippen LogP contribution in [0.5, 0.6) is 5.75 Å². The van der Waals surface area contributed by atoms with Crippen LogP contribution in [0.25, 0.3) is 0 Å². The zero-order chi connectivity index (χ0) is 19.1. The number of amides is 3.